The monoisotopic (exact) mass is 326 g/mol. The van der Waals surface area contributed by atoms with E-state index < -0.39 is 0 Å². The van der Waals surface area contributed by atoms with Crippen LogP contribution in [-0.4, -0.2) is 30.5 Å². The molecule has 1 aliphatic rings. The summed E-state index contributed by atoms with van der Waals surface area (Å²) in [6, 6.07) is 12.3. The van der Waals surface area contributed by atoms with Crippen molar-refractivity contribution in [3.63, 3.8) is 0 Å². The van der Waals surface area contributed by atoms with Crippen LogP contribution in [0.15, 0.2) is 45.8 Å². The van der Waals surface area contributed by atoms with Gasteiger partial charge >= 0.3 is 0 Å². The number of hydrogen-bond acceptors (Lipinski definition) is 3. The van der Waals surface area contributed by atoms with Gasteiger partial charge in [-0.2, -0.15) is 0 Å². The van der Waals surface area contributed by atoms with Crippen LogP contribution in [0.3, 0.4) is 0 Å². The number of aliphatic imine (C=N–C) groups is 1. The lowest BCUT2D eigenvalue weighted by Gasteiger charge is -2.24. The molecule has 2 heterocycles. The molecule has 0 amide bonds. The van der Waals surface area contributed by atoms with E-state index in [-0.39, 0.29) is 6.04 Å². The fourth-order valence-corrected chi connectivity index (χ4v) is 3.08. The van der Waals surface area contributed by atoms with Crippen LogP contribution in [0, 0.1) is 13.8 Å². The van der Waals surface area contributed by atoms with Gasteiger partial charge in [-0.05, 0) is 64.0 Å². The van der Waals surface area contributed by atoms with E-state index in [0.29, 0.717) is 12.5 Å². The Hall–Kier alpha value is -2.27. The molecule has 1 fully saturated rings. The van der Waals surface area contributed by atoms with Crippen LogP contribution in [0.1, 0.15) is 36.0 Å². The van der Waals surface area contributed by atoms with E-state index in [1.54, 1.807) is 0 Å². The lowest BCUT2D eigenvalue weighted by molar-refractivity contribution is 0.219. The zero-order valence-corrected chi connectivity index (χ0v) is 14.5. The van der Waals surface area contributed by atoms with Crippen LogP contribution in [0.2, 0.25) is 0 Å². The Morgan fingerprint density at radius 3 is 2.50 bits per heavy atom. The highest BCUT2D eigenvalue weighted by atomic mass is 16.3. The first-order chi connectivity index (χ1) is 11.6. The third kappa shape index (κ3) is 4.17. The molecule has 0 bridgehead atoms. The average molecular weight is 326 g/mol. The molecule has 5 nitrogen and oxygen atoms in total. The van der Waals surface area contributed by atoms with Gasteiger partial charge in [0.05, 0.1) is 12.6 Å². The van der Waals surface area contributed by atoms with Gasteiger partial charge in [-0.25, -0.2) is 0 Å². The molecule has 1 saturated heterocycles. The Morgan fingerprint density at radius 2 is 1.88 bits per heavy atom. The first kappa shape index (κ1) is 16.6. The van der Waals surface area contributed by atoms with E-state index in [1.807, 2.05) is 37.3 Å². The minimum absolute atomic E-state index is 0.152. The van der Waals surface area contributed by atoms with Gasteiger partial charge in [-0.3, -0.25) is 9.89 Å². The number of furan rings is 1. The number of aryl methyl sites for hydroxylation is 2. The maximum atomic E-state index is 6.06. The summed E-state index contributed by atoms with van der Waals surface area (Å²) in [5, 5.41) is 3.15. The number of guanidine groups is 1. The van der Waals surface area contributed by atoms with Crippen molar-refractivity contribution in [3.8, 4) is 0 Å². The van der Waals surface area contributed by atoms with Crippen LogP contribution >= 0.6 is 0 Å². The van der Waals surface area contributed by atoms with Gasteiger partial charge in [0.15, 0.2) is 5.96 Å². The molecule has 0 spiro atoms. The maximum Gasteiger partial charge on any atom is 0.193 e. The van der Waals surface area contributed by atoms with E-state index in [0.717, 1.165) is 30.3 Å². The van der Waals surface area contributed by atoms with E-state index in [1.165, 1.54) is 18.4 Å². The third-order valence-electron chi connectivity index (χ3n) is 4.43. The zero-order chi connectivity index (χ0) is 16.9. The highest BCUT2D eigenvalue weighted by molar-refractivity contribution is 5.92. The highest BCUT2D eigenvalue weighted by Crippen LogP contribution is 2.27. The van der Waals surface area contributed by atoms with Gasteiger partial charge in [-0.1, -0.05) is 17.7 Å². The smallest absolute Gasteiger partial charge is 0.193 e. The Morgan fingerprint density at radius 1 is 1.17 bits per heavy atom. The highest BCUT2D eigenvalue weighted by Gasteiger charge is 2.25. The summed E-state index contributed by atoms with van der Waals surface area (Å²) >= 11 is 0. The predicted octanol–water partition coefficient (Wildman–Crippen LogP) is 3.46. The van der Waals surface area contributed by atoms with Crippen molar-refractivity contribution in [1.29, 1.82) is 0 Å². The fourth-order valence-electron chi connectivity index (χ4n) is 3.08. The molecule has 1 atom stereocenters. The molecule has 3 rings (SSSR count). The second-order valence-corrected chi connectivity index (χ2v) is 6.42. The molecular formula is C19H26N4O. The van der Waals surface area contributed by atoms with Crippen molar-refractivity contribution in [1.82, 2.24) is 4.90 Å². The van der Waals surface area contributed by atoms with Crippen molar-refractivity contribution >= 4 is 11.6 Å². The molecule has 0 radical (unpaired) electrons. The largest absolute Gasteiger partial charge is 0.465 e. The second-order valence-electron chi connectivity index (χ2n) is 6.42. The third-order valence-corrected chi connectivity index (χ3v) is 4.43. The number of hydrogen-bond donors (Lipinski definition) is 2. The lowest BCUT2D eigenvalue weighted by Crippen LogP contribution is -2.30. The van der Waals surface area contributed by atoms with Crippen molar-refractivity contribution in [2.75, 3.05) is 25.0 Å². The fraction of sp³-hybridized carbons (Fsp3) is 0.421. The topological polar surface area (TPSA) is 66.8 Å². The Balaban J connectivity index is 1.68. The van der Waals surface area contributed by atoms with Gasteiger partial charge < -0.3 is 15.5 Å². The molecule has 1 aliphatic heterocycles. The normalized spacial score (nSPS) is 17.2. The number of anilines is 1. The quantitative estimate of drug-likeness (QED) is 0.652. The predicted molar refractivity (Wildman–Crippen MR) is 98.3 cm³/mol. The minimum Gasteiger partial charge on any atom is -0.465 e. The van der Waals surface area contributed by atoms with Gasteiger partial charge in [0.2, 0.25) is 0 Å². The van der Waals surface area contributed by atoms with Crippen LogP contribution < -0.4 is 11.1 Å². The molecule has 3 N–H and O–H groups in total. The lowest BCUT2D eigenvalue weighted by atomic mass is 10.2. The number of likely N-dealkylation sites (tertiary alicyclic amines) is 1. The molecule has 24 heavy (non-hydrogen) atoms. The number of nitrogens with two attached hydrogens (primary N) is 1. The van der Waals surface area contributed by atoms with Crippen LogP contribution in [0.25, 0.3) is 0 Å². The first-order valence-corrected chi connectivity index (χ1v) is 8.56. The summed E-state index contributed by atoms with van der Waals surface area (Å²) in [5.41, 5.74) is 8.24. The summed E-state index contributed by atoms with van der Waals surface area (Å²) < 4.78 is 5.85. The van der Waals surface area contributed by atoms with Gasteiger partial charge in [-0.15, -0.1) is 0 Å². The van der Waals surface area contributed by atoms with Gasteiger partial charge in [0, 0.05) is 5.69 Å². The number of benzene rings is 1. The Kier molecular flexibility index (Phi) is 5.20. The standard InChI is InChI=1S/C19H26N4O/c1-14-5-8-16(9-6-14)22-19(20)21-13-17(23-11-3-4-12-23)18-10-7-15(2)24-18/h5-10,17H,3-4,11-13H2,1-2H3,(H3,20,21,22). The molecule has 1 aromatic heterocycles. The van der Waals surface area contributed by atoms with Crippen LogP contribution in [0.4, 0.5) is 5.69 Å². The molecule has 1 unspecified atom stereocenters. The van der Waals surface area contributed by atoms with Crippen LogP contribution in [0.5, 0.6) is 0 Å². The van der Waals surface area contributed by atoms with Crippen molar-refractivity contribution < 1.29 is 4.42 Å². The first-order valence-electron chi connectivity index (χ1n) is 8.56. The molecule has 1 aromatic carbocycles. The summed E-state index contributed by atoms with van der Waals surface area (Å²) in [6.07, 6.45) is 2.47. The molecule has 2 aromatic rings. The summed E-state index contributed by atoms with van der Waals surface area (Å²) in [5.74, 6) is 2.34. The van der Waals surface area contributed by atoms with Crippen molar-refractivity contribution in [3.05, 3.63) is 53.5 Å². The molecule has 5 heteroatoms. The van der Waals surface area contributed by atoms with Crippen molar-refractivity contribution in [2.24, 2.45) is 10.7 Å². The summed E-state index contributed by atoms with van der Waals surface area (Å²) in [7, 11) is 0. The minimum atomic E-state index is 0.152. The average Bonchev–Trinajstić information content (AvgIpc) is 3.22. The van der Waals surface area contributed by atoms with E-state index in [2.05, 4.69) is 28.2 Å². The van der Waals surface area contributed by atoms with E-state index >= 15 is 0 Å². The maximum absolute atomic E-state index is 6.06. The second kappa shape index (κ2) is 7.53. The number of nitrogens with zero attached hydrogens (tertiary/aromatic N) is 2. The molecular weight excluding hydrogens is 300 g/mol. The van der Waals surface area contributed by atoms with Gasteiger partial charge in [0.25, 0.3) is 0 Å². The Bertz CT molecular complexity index is 684. The number of rotatable bonds is 5. The van der Waals surface area contributed by atoms with E-state index in [9.17, 15) is 0 Å². The number of nitrogens with one attached hydrogen (secondary N) is 1. The van der Waals surface area contributed by atoms with Crippen LogP contribution in [-0.2, 0) is 0 Å². The molecule has 128 valence electrons. The Labute approximate surface area is 143 Å². The summed E-state index contributed by atoms with van der Waals surface area (Å²) in [6.45, 7) is 6.81. The summed E-state index contributed by atoms with van der Waals surface area (Å²) in [4.78, 5) is 6.99. The van der Waals surface area contributed by atoms with E-state index in [4.69, 9.17) is 10.2 Å². The van der Waals surface area contributed by atoms with Crippen molar-refractivity contribution in [2.45, 2.75) is 32.7 Å². The van der Waals surface area contributed by atoms with Gasteiger partial charge in [0.1, 0.15) is 11.5 Å². The molecule has 0 saturated carbocycles. The molecule has 0 aliphatic carbocycles. The SMILES string of the molecule is Cc1ccc(NC(N)=NCC(c2ccc(C)o2)N2CCCC2)cc1. The zero-order valence-electron chi connectivity index (χ0n) is 14.5.